The van der Waals surface area contributed by atoms with Gasteiger partial charge in [0, 0.05) is 0 Å². The zero-order chi connectivity index (χ0) is 26.5. The highest BCUT2D eigenvalue weighted by molar-refractivity contribution is 6.26. The molecule has 0 unspecified atom stereocenters. The van der Waals surface area contributed by atoms with Crippen LogP contribution in [0, 0.1) is 0 Å². The molecule has 0 amide bonds. The second-order valence-corrected chi connectivity index (χ2v) is 10.4. The minimum absolute atomic E-state index is 1.24. The smallest absolute Gasteiger partial charge is 0.00199 e. The fourth-order valence-electron chi connectivity index (χ4n) is 6.54. The molecule has 0 aliphatic heterocycles. The van der Waals surface area contributed by atoms with Crippen LogP contribution in [0.3, 0.4) is 0 Å². The van der Waals surface area contributed by atoms with Crippen LogP contribution in [-0.2, 0) is 0 Å². The maximum Gasteiger partial charge on any atom is -0.00199 e. The lowest BCUT2D eigenvalue weighted by Gasteiger charge is -2.20. The van der Waals surface area contributed by atoms with Crippen LogP contribution in [0.1, 0.15) is 0 Å². The van der Waals surface area contributed by atoms with Crippen LogP contribution in [0.25, 0.3) is 76.5 Å². The summed E-state index contributed by atoms with van der Waals surface area (Å²) in [6.45, 7) is 0. The Morgan fingerprint density at radius 1 is 0.225 bits per heavy atom. The van der Waals surface area contributed by atoms with Crippen molar-refractivity contribution >= 4 is 43.1 Å². The molecule has 0 N–H and O–H groups in total. The van der Waals surface area contributed by atoms with Gasteiger partial charge in [-0.05, 0) is 82.5 Å². The molecule has 8 aromatic rings. The molecule has 186 valence electrons. The van der Waals surface area contributed by atoms with Gasteiger partial charge >= 0.3 is 0 Å². The van der Waals surface area contributed by atoms with E-state index in [4.69, 9.17) is 0 Å². The van der Waals surface area contributed by atoms with Gasteiger partial charge in [0.25, 0.3) is 0 Å². The summed E-state index contributed by atoms with van der Waals surface area (Å²) in [6.07, 6.45) is 0. The van der Waals surface area contributed by atoms with Crippen LogP contribution in [0.5, 0.6) is 0 Å². The molecule has 0 fully saturated rings. The zero-order valence-electron chi connectivity index (χ0n) is 22.0. The highest BCUT2D eigenvalue weighted by atomic mass is 14.2. The summed E-state index contributed by atoms with van der Waals surface area (Å²) < 4.78 is 0. The Morgan fingerprint density at radius 3 is 1.25 bits per heavy atom. The first-order chi connectivity index (χ1) is 19.9. The van der Waals surface area contributed by atoms with Crippen LogP contribution in [-0.4, -0.2) is 0 Å². The first kappa shape index (κ1) is 22.8. The second-order valence-electron chi connectivity index (χ2n) is 10.4. The van der Waals surface area contributed by atoms with E-state index in [9.17, 15) is 0 Å². The Morgan fingerprint density at radius 2 is 0.650 bits per heavy atom. The molecular formula is C40H26. The van der Waals surface area contributed by atoms with E-state index in [1.807, 2.05) is 0 Å². The highest BCUT2D eigenvalue weighted by Crippen LogP contribution is 2.47. The van der Waals surface area contributed by atoms with Crippen molar-refractivity contribution in [3.05, 3.63) is 158 Å². The Balaban J connectivity index is 1.57. The number of hydrogen-bond acceptors (Lipinski definition) is 0. The van der Waals surface area contributed by atoms with Gasteiger partial charge in [0.1, 0.15) is 0 Å². The first-order valence-electron chi connectivity index (χ1n) is 13.9. The van der Waals surface area contributed by atoms with Gasteiger partial charge in [-0.3, -0.25) is 0 Å². The van der Waals surface area contributed by atoms with Crippen LogP contribution in [0.15, 0.2) is 158 Å². The third kappa shape index (κ3) is 3.47. The van der Waals surface area contributed by atoms with Gasteiger partial charge in [-0.15, -0.1) is 0 Å². The molecule has 0 aliphatic carbocycles. The van der Waals surface area contributed by atoms with Gasteiger partial charge < -0.3 is 0 Å². The third-order valence-electron chi connectivity index (χ3n) is 8.25. The van der Waals surface area contributed by atoms with Crippen LogP contribution in [0.4, 0.5) is 0 Å². The average Bonchev–Trinajstić information content (AvgIpc) is 3.04. The summed E-state index contributed by atoms with van der Waals surface area (Å²) in [6, 6.07) is 57.5. The largest absolute Gasteiger partial charge is 0.0622 e. The van der Waals surface area contributed by atoms with E-state index in [1.54, 1.807) is 0 Å². The minimum atomic E-state index is 1.24. The van der Waals surface area contributed by atoms with Crippen LogP contribution in [0.2, 0.25) is 0 Å². The Bertz CT molecular complexity index is 2130. The molecule has 0 nitrogen and oxygen atoms in total. The zero-order valence-corrected chi connectivity index (χ0v) is 22.0. The molecular weight excluding hydrogens is 480 g/mol. The third-order valence-corrected chi connectivity index (χ3v) is 8.25. The standard InChI is InChI=1S/C40H26/c1-3-14-27(15-4-1)29-24-13-25-31-30-18-7-8-19-32(30)38(26-37(29)31)40-35-22-11-9-20-33(35)39(28-16-5-2-6-17-28)34-21-10-12-23-36(34)40/h1-26H. The predicted molar refractivity (Wildman–Crippen MR) is 173 cm³/mol. The minimum Gasteiger partial charge on any atom is -0.0622 e. The molecule has 0 heteroatoms. The molecule has 0 spiro atoms. The van der Waals surface area contributed by atoms with Crippen molar-refractivity contribution < 1.29 is 0 Å². The van der Waals surface area contributed by atoms with Crippen molar-refractivity contribution in [3.8, 4) is 33.4 Å². The number of benzene rings is 8. The van der Waals surface area contributed by atoms with Crippen molar-refractivity contribution in [2.45, 2.75) is 0 Å². The number of rotatable bonds is 3. The topological polar surface area (TPSA) is 0 Å². The summed E-state index contributed by atoms with van der Waals surface area (Å²) in [5.41, 5.74) is 7.62. The predicted octanol–water partition coefficient (Wildman–Crippen LogP) is 11.3. The summed E-state index contributed by atoms with van der Waals surface area (Å²) in [5.74, 6) is 0. The molecule has 0 saturated heterocycles. The lowest BCUT2D eigenvalue weighted by atomic mass is 9.83. The van der Waals surface area contributed by atoms with E-state index >= 15 is 0 Å². The Hall–Kier alpha value is -5.20. The summed E-state index contributed by atoms with van der Waals surface area (Å²) in [4.78, 5) is 0. The maximum absolute atomic E-state index is 2.44. The molecule has 0 atom stereocenters. The molecule has 0 aliphatic rings. The van der Waals surface area contributed by atoms with Crippen molar-refractivity contribution in [2.75, 3.05) is 0 Å². The summed E-state index contributed by atoms with van der Waals surface area (Å²) in [7, 11) is 0. The molecule has 40 heavy (non-hydrogen) atoms. The quantitative estimate of drug-likeness (QED) is 0.165. The van der Waals surface area contributed by atoms with E-state index < -0.39 is 0 Å². The van der Waals surface area contributed by atoms with Gasteiger partial charge in [0.05, 0.1) is 0 Å². The number of fused-ring (bicyclic) bond motifs is 5. The van der Waals surface area contributed by atoms with Crippen molar-refractivity contribution in [1.82, 2.24) is 0 Å². The summed E-state index contributed by atoms with van der Waals surface area (Å²) >= 11 is 0. The van der Waals surface area contributed by atoms with Crippen LogP contribution >= 0.6 is 0 Å². The number of hydrogen-bond donors (Lipinski definition) is 0. The maximum atomic E-state index is 2.44. The SMILES string of the molecule is c1ccc(-c2c3ccccc3c(-c3cc4c(-c5ccccc5)cccc4c4ccccc34)c3ccccc23)cc1. The fraction of sp³-hybridized carbons (Fsp3) is 0. The first-order valence-corrected chi connectivity index (χ1v) is 13.9. The van der Waals surface area contributed by atoms with Gasteiger partial charge in [-0.2, -0.15) is 0 Å². The van der Waals surface area contributed by atoms with E-state index in [2.05, 4.69) is 158 Å². The van der Waals surface area contributed by atoms with Gasteiger partial charge in [-0.1, -0.05) is 152 Å². The van der Waals surface area contributed by atoms with E-state index in [1.165, 1.54) is 76.5 Å². The van der Waals surface area contributed by atoms with E-state index in [0.29, 0.717) is 0 Å². The molecule has 8 aromatic carbocycles. The van der Waals surface area contributed by atoms with Gasteiger partial charge in [-0.25, -0.2) is 0 Å². The van der Waals surface area contributed by atoms with E-state index in [0.717, 1.165) is 0 Å². The molecule has 8 rings (SSSR count). The monoisotopic (exact) mass is 506 g/mol. The molecule has 0 aromatic heterocycles. The van der Waals surface area contributed by atoms with Crippen LogP contribution < -0.4 is 0 Å². The fourth-order valence-corrected chi connectivity index (χ4v) is 6.54. The molecule has 0 bridgehead atoms. The lowest BCUT2D eigenvalue weighted by Crippen LogP contribution is -1.92. The van der Waals surface area contributed by atoms with Crippen molar-refractivity contribution in [2.24, 2.45) is 0 Å². The normalized spacial score (nSPS) is 11.5. The van der Waals surface area contributed by atoms with Gasteiger partial charge in [0.15, 0.2) is 0 Å². The van der Waals surface area contributed by atoms with Crippen molar-refractivity contribution in [3.63, 3.8) is 0 Å². The second kappa shape index (κ2) is 9.22. The Kier molecular flexibility index (Phi) is 5.24. The summed E-state index contributed by atoms with van der Waals surface area (Å²) in [5, 5.41) is 10.3. The molecule has 0 heterocycles. The average molecular weight is 507 g/mol. The highest BCUT2D eigenvalue weighted by Gasteiger charge is 2.19. The van der Waals surface area contributed by atoms with Crippen molar-refractivity contribution in [1.29, 1.82) is 0 Å². The lowest BCUT2D eigenvalue weighted by molar-refractivity contribution is 1.65. The van der Waals surface area contributed by atoms with Gasteiger partial charge in [0.2, 0.25) is 0 Å². The Labute approximate surface area is 233 Å². The molecule has 0 radical (unpaired) electrons. The molecule has 0 saturated carbocycles. The van der Waals surface area contributed by atoms with E-state index in [-0.39, 0.29) is 0 Å².